The summed E-state index contributed by atoms with van der Waals surface area (Å²) in [6.45, 7) is 5.37. The molecular formula is C20H26N4O. The number of hydrogen-bond acceptors (Lipinski definition) is 3. The van der Waals surface area contributed by atoms with Gasteiger partial charge in [-0.2, -0.15) is 0 Å². The number of nitrogens with zero attached hydrogens (tertiary/aromatic N) is 3. The molecule has 4 atom stereocenters. The van der Waals surface area contributed by atoms with Crippen LogP contribution in [0.15, 0.2) is 24.4 Å². The lowest BCUT2D eigenvalue weighted by Gasteiger charge is -2.39. The minimum atomic E-state index is 0.117. The molecule has 0 unspecified atom stereocenters. The minimum Gasteiger partial charge on any atom is -0.329 e. The zero-order valence-electron chi connectivity index (χ0n) is 15.0. The number of aromatic nitrogens is 2. The van der Waals surface area contributed by atoms with E-state index >= 15 is 0 Å². The molecule has 1 saturated carbocycles. The predicted molar refractivity (Wildman–Crippen MR) is 96.7 cm³/mol. The second-order valence-corrected chi connectivity index (χ2v) is 8.36. The maximum Gasteiger partial charge on any atom is 0.274 e. The van der Waals surface area contributed by atoms with Crippen LogP contribution in [0, 0.1) is 12.3 Å². The molecule has 0 aromatic carbocycles. The first-order valence-electron chi connectivity index (χ1n) is 9.59. The van der Waals surface area contributed by atoms with Gasteiger partial charge in [0.2, 0.25) is 0 Å². The van der Waals surface area contributed by atoms with Gasteiger partial charge in [-0.15, -0.1) is 0 Å². The molecule has 5 heteroatoms. The van der Waals surface area contributed by atoms with E-state index in [1.165, 1.54) is 19.3 Å². The number of likely N-dealkylation sites (tertiary alicyclic amines) is 1. The van der Waals surface area contributed by atoms with E-state index in [1.54, 1.807) is 0 Å². The van der Waals surface area contributed by atoms with Crippen molar-refractivity contribution >= 4 is 11.6 Å². The minimum absolute atomic E-state index is 0.117. The van der Waals surface area contributed by atoms with Gasteiger partial charge < -0.3 is 14.6 Å². The lowest BCUT2D eigenvalue weighted by atomic mass is 9.72. The predicted octanol–water partition coefficient (Wildman–Crippen LogP) is 2.78. The van der Waals surface area contributed by atoms with Crippen molar-refractivity contribution in [3.63, 3.8) is 0 Å². The fourth-order valence-corrected chi connectivity index (χ4v) is 5.65. The third kappa shape index (κ3) is 2.11. The van der Waals surface area contributed by atoms with Crippen molar-refractivity contribution in [2.45, 2.75) is 64.1 Å². The van der Waals surface area contributed by atoms with Crippen LogP contribution in [0.4, 0.5) is 0 Å². The number of piperidine rings is 1. The summed E-state index contributed by atoms with van der Waals surface area (Å²) in [7, 11) is 0. The number of rotatable bonds is 1. The standard InChI is InChI=1S/C20H26N4O/c1-13-6-5-9-18-22-15(12-23(13)18)19(25)24-14-10-20(2)16(21-11-14)7-3-4-8-17(20)24/h5-6,9,12,14,16-17,21H,3-4,7-8,10-11H2,1-2H3/t14-,16+,17-,20+/m0/s1. The third-order valence-corrected chi connectivity index (χ3v) is 6.93. The van der Waals surface area contributed by atoms with Crippen LogP contribution in [-0.2, 0) is 0 Å². The summed E-state index contributed by atoms with van der Waals surface area (Å²) in [6, 6.07) is 7.22. The molecule has 1 amide bonds. The topological polar surface area (TPSA) is 49.6 Å². The molecule has 0 spiro atoms. The van der Waals surface area contributed by atoms with Crippen molar-refractivity contribution in [1.82, 2.24) is 19.6 Å². The average Bonchev–Trinajstić information content (AvgIpc) is 3.08. The largest absolute Gasteiger partial charge is 0.329 e. The number of imidazole rings is 1. The smallest absolute Gasteiger partial charge is 0.274 e. The normalized spacial score (nSPS) is 34.3. The van der Waals surface area contributed by atoms with Gasteiger partial charge in [-0.3, -0.25) is 4.79 Å². The van der Waals surface area contributed by atoms with E-state index in [0.29, 0.717) is 23.8 Å². The first-order valence-corrected chi connectivity index (χ1v) is 9.59. The summed E-state index contributed by atoms with van der Waals surface area (Å²) in [5.74, 6) is 0.117. The van der Waals surface area contributed by atoms with Gasteiger partial charge in [-0.05, 0) is 38.3 Å². The second-order valence-electron chi connectivity index (χ2n) is 8.36. The van der Waals surface area contributed by atoms with Crippen molar-refractivity contribution in [2.75, 3.05) is 6.54 Å². The maximum atomic E-state index is 13.4. The van der Waals surface area contributed by atoms with Crippen LogP contribution in [-0.4, -0.2) is 44.9 Å². The van der Waals surface area contributed by atoms with Crippen molar-refractivity contribution in [2.24, 2.45) is 5.41 Å². The summed E-state index contributed by atoms with van der Waals surface area (Å²) in [4.78, 5) is 20.3. The lowest BCUT2D eigenvalue weighted by molar-refractivity contribution is 0.0623. The van der Waals surface area contributed by atoms with Crippen LogP contribution < -0.4 is 5.32 Å². The number of carbonyl (C=O) groups excluding carboxylic acids is 1. The van der Waals surface area contributed by atoms with Gasteiger partial charge >= 0.3 is 0 Å². The second kappa shape index (κ2) is 5.31. The number of nitrogens with one attached hydrogen (secondary N) is 1. The van der Waals surface area contributed by atoms with Crippen LogP contribution in [0.1, 0.15) is 55.2 Å². The van der Waals surface area contributed by atoms with E-state index in [4.69, 9.17) is 0 Å². The Labute approximate surface area is 148 Å². The van der Waals surface area contributed by atoms with Crippen molar-refractivity contribution < 1.29 is 4.79 Å². The summed E-state index contributed by atoms with van der Waals surface area (Å²) in [6.07, 6.45) is 7.91. The third-order valence-electron chi connectivity index (χ3n) is 6.93. The van der Waals surface area contributed by atoms with Gasteiger partial charge in [0.15, 0.2) is 0 Å². The summed E-state index contributed by atoms with van der Waals surface area (Å²) in [5.41, 5.74) is 2.76. The number of aryl methyl sites for hydroxylation is 1. The Morgan fingerprint density at radius 3 is 3.00 bits per heavy atom. The molecule has 3 fully saturated rings. The fourth-order valence-electron chi connectivity index (χ4n) is 5.65. The first-order chi connectivity index (χ1) is 12.1. The van der Waals surface area contributed by atoms with Crippen LogP contribution >= 0.6 is 0 Å². The molecule has 2 aliphatic heterocycles. The van der Waals surface area contributed by atoms with E-state index in [-0.39, 0.29) is 11.3 Å². The van der Waals surface area contributed by atoms with E-state index in [1.807, 2.05) is 35.7 Å². The van der Waals surface area contributed by atoms with E-state index in [0.717, 1.165) is 30.7 Å². The Morgan fingerprint density at radius 2 is 2.16 bits per heavy atom. The van der Waals surface area contributed by atoms with Crippen molar-refractivity contribution in [1.29, 1.82) is 0 Å². The number of pyridine rings is 1. The molecule has 4 heterocycles. The SMILES string of the molecule is Cc1cccc2nc(C(=O)N3[C@@H]4CN[C@@H]5CCCC[C@H]3[C@]5(C)C4)cn12. The van der Waals surface area contributed by atoms with Gasteiger partial charge in [0.05, 0.1) is 0 Å². The van der Waals surface area contributed by atoms with Crippen LogP contribution in [0.2, 0.25) is 0 Å². The van der Waals surface area contributed by atoms with Crippen molar-refractivity contribution in [3.05, 3.63) is 35.8 Å². The molecule has 2 bridgehead atoms. The summed E-state index contributed by atoms with van der Waals surface area (Å²) in [5, 5.41) is 3.75. The molecule has 1 N–H and O–H groups in total. The Bertz CT molecular complexity index is 843. The quantitative estimate of drug-likeness (QED) is 0.870. The Morgan fingerprint density at radius 1 is 1.32 bits per heavy atom. The van der Waals surface area contributed by atoms with Gasteiger partial charge in [0, 0.05) is 42.0 Å². The molecule has 132 valence electrons. The van der Waals surface area contributed by atoms with Gasteiger partial charge in [-0.1, -0.05) is 25.8 Å². The number of amides is 1. The highest BCUT2D eigenvalue weighted by atomic mass is 16.2. The van der Waals surface area contributed by atoms with E-state index in [2.05, 4.69) is 22.1 Å². The molecule has 2 saturated heterocycles. The number of hydrogen-bond donors (Lipinski definition) is 1. The number of carbonyl (C=O) groups is 1. The Kier molecular flexibility index (Phi) is 3.26. The highest BCUT2D eigenvalue weighted by Crippen LogP contribution is 2.50. The van der Waals surface area contributed by atoms with Crippen molar-refractivity contribution in [3.8, 4) is 0 Å². The Balaban J connectivity index is 1.55. The fraction of sp³-hybridized carbons (Fsp3) is 0.600. The van der Waals surface area contributed by atoms with Crippen LogP contribution in [0.3, 0.4) is 0 Å². The monoisotopic (exact) mass is 338 g/mol. The molecule has 2 aromatic heterocycles. The zero-order valence-corrected chi connectivity index (χ0v) is 15.0. The molecular weight excluding hydrogens is 312 g/mol. The molecule has 1 aliphatic carbocycles. The molecule has 25 heavy (non-hydrogen) atoms. The van der Waals surface area contributed by atoms with Gasteiger partial charge in [0.25, 0.3) is 5.91 Å². The molecule has 2 aromatic rings. The summed E-state index contributed by atoms with van der Waals surface area (Å²) < 4.78 is 2.02. The van der Waals surface area contributed by atoms with E-state index < -0.39 is 0 Å². The molecule has 3 aliphatic rings. The van der Waals surface area contributed by atoms with Crippen LogP contribution in [0.5, 0.6) is 0 Å². The highest BCUT2D eigenvalue weighted by molar-refractivity contribution is 5.93. The van der Waals surface area contributed by atoms with Crippen LogP contribution in [0.25, 0.3) is 5.65 Å². The molecule has 0 radical (unpaired) electrons. The zero-order chi connectivity index (χ0) is 17.2. The lowest BCUT2D eigenvalue weighted by Crippen LogP contribution is -2.51. The summed E-state index contributed by atoms with van der Waals surface area (Å²) >= 11 is 0. The maximum absolute atomic E-state index is 13.4. The highest BCUT2D eigenvalue weighted by Gasteiger charge is 2.57. The van der Waals surface area contributed by atoms with Gasteiger partial charge in [-0.25, -0.2) is 4.98 Å². The average molecular weight is 338 g/mol. The van der Waals surface area contributed by atoms with E-state index in [9.17, 15) is 4.79 Å². The Hall–Kier alpha value is -1.88. The number of fused-ring (bicyclic) bond motifs is 2. The first kappa shape index (κ1) is 15.4. The molecule has 5 rings (SSSR count). The molecule has 5 nitrogen and oxygen atoms in total. The van der Waals surface area contributed by atoms with Gasteiger partial charge in [0.1, 0.15) is 11.3 Å².